The molecule has 0 aliphatic heterocycles. The second kappa shape index (κ2) is 5.83. The van der Waals surface area contributed by atoms with Crippen LogP contribution in [0.15, 0.2) is 18.2 Å². The van der Waals surface area contributed by atoms with E-state index in [1.165, 1.54) is 0 Å². The highest BCUT2D eigenvalue weighted by Gasteiger charge is 2.47. The van der Waals surface area contributed by atoms with Gasteiger partial charge in [-0.15, -0.1) is 0 Å². The van der Waals surface area contributed by atoms with Gasteiger partial charge in [-0.25, -0.2) is 0 Å². The van der Waals surface area contributed by atoms with Gasteiger partial charge in [-0.1, -0.05) is 19.9 Å². The van der Waals surface area contributed by atoms with E-state index in [-0.39, 0.29) is 11.3 Å². The van der Waals surface area contributed by atoms with Crippen molar-refractivity contribution in [1.82, 2.24) is 0 Å². The molecule has 2 rings (SSSR count). The van der Waals surface area contributed by atoms with E-state index in [0.717, 1.165) is 5.56 Å². The molecule has 0 spiro atoms. The molecule has 1 atom stereocenters. The Morgan fingerprint density at radius 2 is 1.95 bits per heavy atom. The van der Waals surface area contributed by atoms with Crippen LogP contribution in [0.2, 0.25) is 0 Å². The Balaban J connectivity index is 2.15. The first-order chi connectivity index (χ1) is 9.50. The molecule has 0 N–H and O–H groups in total. The van der Waals surface area contributed by atoms with E-state index >= 15 is 0 Å². The van der Waals surface area contributed by atoms with Gasteiger partial charge in [0.15, 0.2) is 11.5 Å². The minimum atomic E-state index is -0.274. The smallest absolute Gasteiger partial charge is 0.161 e. The molecule has 1 aliphatic carbocycles. The van der Waals surface area contributed by atoms with E-state index in [0.29, 0.717) is 36.9 Å². The van der Waals surface area contributed by atoms with E-state index in [1.54, 1.807) is 14.2 Å². The molecule has 4 heteroatoms. The van der Waals surface area contributed by atoms with Gasteiger partial charge < -0.3 is 14.2 Å². The average Bonchev–Trinajstić information content (AvgIpc) is 2.45. The first-order valence-electron chi connectivity index (χ1n) is 6.83. The Morgan fingerprint density at radius 1 is 1.20 bits per heavy atom. The fourth-order valence-electron chi connectivity index (χ4n) is 2.56. The van der Waals surface area contributed by atoms with E-state index in [9.17, 15) is 4.79 Å². The van der Waals surface area contributed by atoms with E-state index in [1.807, 2.05) is 32.0 Å². The quantitative estimate of drug-likeness (QED) is 0.751. The first-order valence-corrected chi connectivity index (χ1v) is 6.83. The number of benzene rings is 1. The SMILES string of the molecule is COCCOc1ccc(C2CC(=O)C2(C)C)cc1OC. The molecule has 0 radical (unpaired) electrons. The molecular formula is C16H22O4. The molecule has 0 bridgehead atoms. The molecule has 0 aromatic heterocycles. The predicted octanol–water partition coefficient (Wildman–Crippen LogP) is 2.80. The fraction of sp³-hybridized carbons (Fsp3) is 0.562. The van der Waals surface area contributed by atoms with Crippen LogP contribution < -0.4 is 9.47 Å². The molecular weight excluding hydrogens is 256 g/mol. The lowest BCUT2D eigenvalue weighted by Crippen LogP contribution is -2.43. The third-order valence-electron chi connectivity index (χ3n) is 4.11. The summed E-state index contributed by atoms with van der Waals surface area (Å²) in [6, 6.07) is 5.90. The second-order valence-corrected chi connectivity index (χ2v) is 5.65. The van der Waals surface area contributed by atoms with Crippen molar-refractivity contribution in [2.75, 3.05) is 27.4 Å². The summed E-state index contributed by atoms with van der Waals surface area (Å²) < 4.78 is 16.0. The molecule has 110 valence electrons. The summed E-state index contributed by atoms with van der Waals surface area (Å²) in [5.41, 5.74) is 0.856. The zero-order valence-electron chi connectivity index (χ0n) is 12.6. The number of rotatable bonds is 6. The molecule has 20 heavy (non-hydrogen) atoms. The minimum absolute atomic E-state index is 0.261. The Kier molecular flexibility index (Phi) is 4.33. The largest absolute Gasteiger partial charge is 0.493 e. The van der Waals surface area contributed by atoms with Crippen molar-refractivity contribution in [3.8, 4) is 11.5 Å². The Morgan fingerprint density at radius 3 is 2.50 bits per heavy atom. The summed E-state index contributed by atoms with van der Waals surface area (Å²) in [6.45, 7) is 5.02. The van der Waals surface area contributed by atoms with Crippen molar-refractivity contribution in [2.24, 2.45) is 5.41 Å². The van der Waals surface area contributed by atoms with Crippen LogP contribution in [-0.2, 0) is 9.53 Å². The lowest BCUT2D eigenvalue weighted by Gasteiger charge is -2.43. The topological polar surface area (TPSA) is 44.8 Å². The molecule has 1 aromatic carbocycles. The number of methoxy groups -OCH3 is 2. The monoisotopic (exact) mass is 278 g/mol. The third kappa shape index (κ3) is 2.66. The lowest BCUT2D eigenvalue weighted by molar-refractivity contribution is -0.137. The molecule has 1 aliphatic rings. The van der Waals surface area contributed by atoms with Crippen LogP contribution in [0.5, 0.6) is 11.5 Å². The van der Waals surface area contributed by atoms with Crippen LogP contribution in [-0.4, -0.2) is 33.2 Å². The number of hydrogen-bond donors (Lipinski definition) is 0. The number of Topliss-reactive ketones (excluding diaryl/α,β-unsaturated/α-hetero) is 1. The third-order valence-corrected chi connectivity index (χ3v) is 4.11. The summed E-state index contributed by atoms with van der Waals surface area (Å²) in [6.07, 6.45) is 0.611. The van der Waals surface area contributed by atoms with Crippen LogP contribution in [0.1, 0.15) is 31.7 Å². The molecule has 0 heterocycles. The zero-order valence-corrected chi connectivity index (χ0v) is 12.6. The standard InChI is InChI=1S/C16H22O4/c1-16(2)12(10-15(16)17)11-5-6-13(14(9-11)19-4)20-8-7-18-3/h5-6,9,12H,7-8,10H2,1-4H3. The van der Waals surface area contributed by atoms with Gasteiger partial charge in [0.1, 0.15) is 12.4 Å². The maximum atomic E-state index is 11.7. The van der Waals surface area contributed by atoms with Crippen molar-refractivity contribution in [3.63, 3.8) is 0 Å². The van der Waals surface area contributed by atoms with Crippen molar-refractivity contribution in [2.45, 2.75) is 26.2 Å². The van der Waals surface area contributed by atoms with Gasteiger partial charge >= 0.3 is 0 Å². The maximum Gasteiger partial charge on any atom is 0.161 e. The summed E-state index contributed by atoms with van der Waals surface area (Å²) in [4.78, 5) is 11.7. The zero-order chi connectivity index (χ0) is 14.8. The summed E-state index contributed by atoms with van der Waals surface area (Å²) in [7, 11) is 3.26. The van der Waals surface area contributed by atoms with Crippen molar-refractivity contribution < 1.29 is 19.0 Å². The summed E-state index contributed by atoms with van der Waals surface area (Å²) in [5.74, 6) is 1.99. The Hall–Kier alpha value is -1.55. The summed E-state index contributed by atoms with van der Waals surface area (Å²) in [5, 5.41) is 0. The first kappa shape index (κ1) is 14.9. The number of ketones is 1. The van der Waals surface area contributed by atoms with Gasteiger partial charge in [-0.05, 0) is 17.7 Å². The van der Waals surface area contributed by atoms with Gasteiger partial charge in [0, 0.05) is 24.9 Å². The highest BCUT2D eigenvalue weighted by molar-refractivity contribution is 5.92. The van der Waals surface area contributed by atoms with Crippen molar-refractivity contribution >= 4 is 5.78 Å². The number of carbonyl (C=O) groups excluding carboxylic acids is 1. The molecule has 0 amide bonds. The van der Waals surface area contributed by atoms with E-state index in [2.05, 4.69) is 0 Å². The van der Waals surface area contributed by atoms with Crippen molar-refractivity contribution in [1.29, 1.82) is 0 Å². The lowest BCUT2D eigenvalue weighted by atomic mass is 9.59. The Labute approximate surface area is 120 Å². The number of hydrogen-bond acceptors (Lipinski definition) is 4. The van der Waals surface area contributed by atoms with Crippen LogP contribution >= 0.6 is 0 Å². The van der Waals surface area contributed by atoms with Crippen LogP contribution in [0, 0.1) is 5.41 Å². The molecule has 0 saturated heterocycles. The van der Waals surface area contributed by atoms with Crippen LogP contribution in [0.3, 0.4) is 0 Å². The molecule has 4 nitrogen and oxygen atoms in total. The van der Waals surface area contributed by atoms with Crippen LogP contribution in [0.25, 0.3) is 0 Å². The van der Waals surface area contributed by atoms with Crippen LogP contribution in [0.4, 0.5) is 0 Å². The Bertz CT molecular complexity index is 493. The highest BCUT2D eigenvalue weighted by atomic mass is 16.5. The second-order valence-electron chi connectivity index (χ2n) is 5.65. The fourth-order valence-corrected chi connectivity index (χ4v) is 2.56. The number of carbonyl (C=O) groups is 1. The van der Waals surface area contributed by atoms with E-state index < -0.39 is 0 Å². The van der Waals surface area contributed by atoms with Crippen molar-refractivity contribution in [3.05, 3.63) is 23.8 Å². The van der Waals surface area contributed by atoms with E-state index in [4.69, 9.17) is 14.2 Å². The maximum absolute atomic E-state index is 11.7. The van der Waals surface area contributed by atoms with Gasteiger partial charge in [-0.3, -0.25) is 4.79 Å². The summed E-state index contributed by atoms with van der Waals surface area (Å²) >= 11 is 0. The van der Waals surface area contributed by atoms with Gasteiger partial charge in [0.25, 0.3) is 0 Å². The molecule has 1 fully saturated rings. The molecule has 1 aromatic rings. The highest BCUT2D eigenvalue weighted by Crippen LogP contribution is 2.50. The van der Waals surface area contributed by atoms with Gasteiger partial charge in [0.2, 0.25) is 0 Å². The molecule has 1 saturated carbocycles. The van der Waals surface area contributed by atoms with Gasteiger partial charge in [-0.2, -0.15) is 0 Å². The minimum Gasteiger partial charge on any atom is -0.493 e. The normalized spacial score (nSPS) is 20.4. The predicted molar refractivity (Wildman–Crippen MR) is 76.5 cm³/mol. The number of ether oxygens (including phenoxy) is 3. The molecule has 1 unspecified atom stereocenters. The van der Waals surface area contributed by atoms with Gasteiger partial charge in [0.05, 0.1) is 13.7 Å². The average molecular weight is 278 g/mol.